The highest BCUT2D eigenvalue weighted by atomic mass is 31.2. The molecule has 0 saturated carbocycles. The Kier molecular flexibility index (Phi) is 10.0. The smallest absolute Gasteiger partial charge is 0.405 e. The minimum Gasteiger partial charge on any atom is -0.480 e. The molecule has 2 rings (SSSR count). The van der Waals surface area contributed by atoms with E-state index in [-0.39, 0.29) is 18.8 Å². The van der Waals surface area contributed by atoms with E-state index < -0.39 is 44.3 Å². The third kappa shape index (κ3) is 9.11. The highest BCUT2D eigenvalue weighted by Crippen LogP contribution is 2.37. The number of hydrogen-bond acceptors (Lipinski definition) is 6. The number of amides is 2. The van der Waals surface area contributed by atoms with Crippen LogP contribution >= 0.6 is 7.75 Å². The minimum absolute atomic E-state index is 0.00369. The predicted molar refractivity (Wildman–Crippen MR) is 123 cm³/mol. The molecule has 2 amide bonds. The molecule has 0 aliphatic rings. The Hall–Kier alpha value is -2.98. The minimum atomic E-state index is -4.46. The molecule has 1 unspecified atom stereocenters. The Morgan fingerprint density at radius 1 is 1.12 bits per heavy atom. The van der Waals surface area contributed by atoms with Gasteiger partial charge in [-0.25, -0.2) is 14.4 Å². The molecule has 0 radical (unpaired) electrons. The number of benzene rings is 1. The second-order valence-electron chi connectivity index (χ2n) is 8.12. The number of hydrogen-bond donors (Lipinski definition) is 5. The molecule has 1 heterocycles. The van der Waals surface area contributed by atoms with Gasteiger partial charge in [0, 0.05) is 18.9 Å². The van der Waals surface area contributed by atoms with Crippen LogP contribution in [0.5, 0.6) is 0 Å². The number of carbonyl (C=O) groups is 3. The zero-order chi connectivity index (χ0) is 25.3. The highest BCUT2D eigenvalue weighted by molar-refractivity contribution is 7.50. The Morgan fingerprint density at radius 3 is 2.32 bits per heavy atom. The number of carboxylic acids is 1. The molecule has 1 aromatic carbocycles. The molecule has 1 aromatic heterocycles. The van der Waals surface area contributed by atoms with Gasteiger partial charge in [-0.3, -0.25) is 14.1 Å². The summed E-state index contributed by atoms with van der Waals surface area (Å²) in [5.74, 6) is -1.85. The van der Waals surface area contributed by atoms with Crippen LogP contribution in [-0.2, 0) is 29.9 Å². The summed E-state index contributed by atoms with van der Waals surface area (Å²) in [6.45, 7) is 4.29. The van der Waals surface area contributed by atoms with E-state index >= 15 is 0 Å². The van der Waals surface area contributed by atoms with Gasteiger partial charge in [-0.2, -0.15) is 0 Å². The van der Waals surface area contributed by atoms with E-state index in [1.807, 2.05) is 0 Å². The van der Waals surface area contributed by atoms with Crippen molar-refractivity contribution in [2.24, 2.45) is 5.92 Å². The fourth-order valence-electron chi connectivity index (χ4n) is 3.10. The SMILES string of the molecule is CC(=O)NCOP(=O)(O)N[C@@H](CC(C)C)C(=O)N[C@@H](Cc1ccc(-c2ccco2)cc1)C(=O)O. The maximum Gasteiger partial charge on any atom is 0.405 e. The van der Waals surface area contributed by atoms with Gasteiger partial charge in [0.2, 0.25) is 11.8 Å². The van der Waals surface area contributed by atoms with Crippen molar-refractivity contribution in [2.75, 3.05) is 6.73 Å². The third-order valence-electron chi connectivity index (χ3n) is 4.72. The quantitative estimate of drug-likeness (QED) is 0.207. The Bertz CT molecular complexity index is 1010. The molecule has 0 saturated heterocycles. The summed E-state index contributed by atoms with van der Waals surface area (Å²) in [7, 11) is -4.46. The van der Waals surface area contributed by atoms with Crippen LogP contribution in [0.2, 0.25) is 0 Å². The number of aliphatic carboxylic acids is 1. The standard InChI is InChI=1S/C22H30N3O8P/c1-14(2)11-18(25-34(30,31)33-13-23-15(3)26)21(27)24-19(22(28)29)12-16-6-8-17(9-7-16)20-5-4-10-32-20/h4-10,14,18-19H,11-13H2,1-3H3,(H,23,26)(H,24,27)(H,28,29)(H2,25,30,31)/t18-,19-/m0/s1. The van der Waals surface area contributed by atoms with Gasteiger partial charge in [0.25, 0.3) is 0 Å². The lowest BCUT2D eigenvalue weighted by molar-refractivity contribution is -0.142. The fraction of sp³-hybridized carbons (Fsp3) is 0.409. The normalized spacial score (nSPS) is 14.7. The fourth-order valence-corrected chi connectivity index (χ4v) is 4.03. The van der Waals surface area contributed by atoms with E-state index in [4.69, 9.17) is 8.94 Å². The number of furan rings is 1. The lowest BCUT2D eigenvalue weighted by Crippen LogP contribution is -2.50. The molecule has 0 aliphatic heterocycles. The monoisotopic (exact) mass is 495 g/mol. The largest absolute Gasteiger partial charge is 0.480 e. The van der Waals surface area contributed by atoms with Crippen molar-refractivity contribution in [3.63, 3.8) is 0 Å². The number of carboxylic acid groups (broad SMARTS) is 1. The molecule has 0 aliphatic carbocycles. The van der Waals surface area contributed by atoms with Crippen molar-refractivity contribution in [2.45, 2.75) is 45.7 Å². The zero-order valence-electron chi connectivity index (χ0n) is 19.2. The topological polar surface area (TPSA) is 167 Å². The second kappa shape index (κ2) is 12.5. The van der Waals surface area contributed by atoms with Gasteiger partial charge >= 0.3 is 13.7 Å². The van der Waals surface area contributed by atoms with Gasteiger partial charge in [0.15, 0.2) is 0 Å². The Balaban J connectivity index is 2.06. The predicted octanol–water partition coefficient (Wildman–Crippen LogP) is 2.27. The zero-order valence-corrected chi connectivity index (χ0v) is 20.1. The van der Waals surface area contributed by atoms with Gasteiger partial charge in [0.05, 0.1) is 12.3 Å². The van der Waals surface area contributed by atoms with E-state index in [0.717, 1.165) is 5.56 Å². The number of nitrogens with one attached hydrogen (secondary N) is 3. The van der Waals surface area contributed by atoms with Crippen molar-refractivity contribution in [1.29, 1.82) is 0 Å². The van der Waals surface area contributed by atoms with Crippen LogP contribution in [0, 0.1) is 5.92 Å². The van der Waals surface area contributed by atoms with Crippen LogP contribution in [0.3, 0.4) is 0 Å². The van der Waals surface area contributed by atoms with Crippen molar-refractivity contribution < 1.29 is 37.9 Å². The molecule has 11 nitrogen and oxygen atoms in total. The number of rotatable bonds is 13. The van der Waals surface area contributed by atoms with Crippen molar-refractivity contribution in [1.82, 2.24) is 15.7 Å². The summed E-state index contributed by atoms with van der Waals surface area (Å²) < 4.78 is 22.4. The van der Waals surface area contributed by atoms with E-state index in [2.05, 4.69) is 15.7 Å². The van der Waals surface area contributed by atoms with Crippen LogP contribution in [0.25, 0.3) is 11.3 Å². The maximum absolute atomic E-state index is 12.8. The van der Waals surface area contributed by atoms with Crippen molar-refractivity contribution >= 4 is 25.5 Å². The van der Waals surface area contributed by atoms with Gasteiger partial charge in [-0.15, -0.1) is 0 Å². The third-order valence-corrected chi connectivity index (χ3v) is 5.83. The molecule has 5 N–H and O–H groups in total. The van der Waals surface area contributed by atoms with E-state index in [0.29, 0.717) is 11.3 Å². The summed E-state index contributed by atoms with van der Waals surface area (Å²) in [5, 5.41) is 16.5. The van der Waals surface area contributed by atoms with Crippen LogP contribution in [-0.4, -0.2) is 46.6 Å². The van der Waals surface area contributed by atoms with E-state index in [9.17, 15) is 28.9 Å². The first-order chi connectivity index (χ1) is 16.0. The van der Waals surface area contributed by atoms with Crippen LogP contribution < -0.4 is 15.7 Å². The van der Waals surface area contributed by atoms with Crippen LogP contribution in [0.15, 0.2) is 47.1 Å². The molecule has 3 atom stereocenters. The van der Waals surface area contributed by atoms with Crippen LogP contribution in [0.4, 0.5) is 0 Å². The van der Waals surface area contributed by atoms with Crippen molar-refractivity contribution in [3.8, 4) is 11.3 Å². The summed E-state index contributed by atoms with van der Waals surface area (Å²) in [6.07, 6.45) is 1.70. The van der Waals surface area contributed by atoms with Crippen LogP contribution in [0.1, 0.15) is 32.8 Å². The van der Waals surface area contributed by atoms with E-state index in [1.54, 1.807) is 56.5 Å². The average Bonchev–Trinajstić information content (AvgIpc) is 3.27. The summed E-state index contributed by atoms with van der Waals surface area (Å²) in [6, 6.07) is 8.14. The van der Waals surface area contributed by atoms with E-state index in [1.165, 1.54) is 6.92 Å². The molecule has 0 bridgehead atoms. The molecule has 186 valence electrons. The lowest BCUT2D eigenvalue weighted by atomic mass is 10.0. The molecule has 12 heteroatoms. The molecule has 0 fully saturated rings. The Morgan fingerprint density at radius 2 is 1.79 bits per heavy atom. The summed E-state index contributed by atoms with van der Waals surface area (Å²) >= 11 is 0. The first-order valence-corrected chi connectivity index (χ1v) is 12.2. The Labute approximate surface area is 197 Å². The van der Waals surface area contributed by atoms with Gasteiger partial charge in [0.1, 0.15) is 18.5 Å². The maximum atomic E-state index is 12.8. The molecule has 2 aromatic rings. The summed E-state index contributed by atoms with van der Waals surface area (Å²) in [5.41, 5.74) is 1.49. The molecular weight excluding hydrogens is 465 g/mol. The molecular formula is C22H30N3O8P. The lowest BCUT2D eigenvalue weighted by Gasteiger charge is -2.24. The van der Waals surface area contributed by atoms with Gasteiger partial charge in [-0.1, -0.05) is 38.1 Å². The van der Waals surface area contributed by atoms with Crippen molar-refractivity contribution in [3.05, 3.63) is 48.2 Å². The number of carbonyl (C=O) groups excluding carboxylic acids is 2. The molecule has 0 spiro atoms. The van der Waals surface area contributed by atoms with Gasteiger partial charge < -0.3 is 25.1 Å². The first-order valence-electron chi connectivity index (χ1n) is 10.6. The average molecular weight is 495 g/mol. The molecule has 34 heavy (non-hydrogen) atoms. The first kappa shape index (κ1) is 27.3. The highest BCUT2D eigenvalue weighted by Gasteiger charge is 2.32. The second-order valence-corrected chi connectivity index (χ2v) is 9.67. The summed E-state index contributed by atoms with van der Waals surface area (Å²) in [4.78, 5) is 45.6. The van der Waals surface area contributed by atoms with Gasteiger partial charge in [-0.05, 0) is 30.0 Å².